The Morgan fingerprint density at radius 1 is 1.07 bits per heavy atom. The molecule has 7 heteroatoms. The first-order valence-electron chi connectivity index (χ1n) is 9.77. The van der Waals surface area contributed by atoms with Gasteiger partial charge in [-0.15, -0.1) is 0 Å². The molecule has 1 aliphatic rings. The van der Waals surface area contributed by atoms with Crippen LogP contribution in [0.2, 0.25) is 0 Å². The largest absolute Gasteiger partial charge is 0.390 e. The minimum atomic E-state index is -3.29. The van der Waals surface area contributed by atoms with E-state index in [1.54, 1.807) is 7.05 Å². The van der Waals surface area contributed by atoms with E-state index in [-0.39, 0.29) is 17.3 Å². The predicted molar refractivity (Wildman–Crippen MR) is 113 cm³/mol. The quantitative estimate of drug-likeness (QED) is 0.774. The van der Waals surface area contributed by atoms with E-state index in [0.29, 0.717) is 12.1 Å². The molecule has 156 valence electrons. The fourth-order valence-electron chi connectivity index (χ4n) is 3.72. The third kappa shape index (κ3) is 5.65. The van der Waals surface area contributed by atoms with Gasteiger partial charge in [-0.3, -0.25) is 4.79 Å². The molecule has 6 nitrogen and oxygen atoms in total. The fourth-order valence-corrected chi connectivity index (χ4v) is 4.35. The Kier molecular flexibility index (Phi) is 6.72. The zero-order valence-electron chi connectivity index (χ0n) is 16.9. The summed E-state index contributed by atoms with van der Waals surface area (Å²) in [5.41, 5.74) is 3.14. The van der Waals surface area contributed by atoms with Crippen LogP contribution >= 0.6 is 0 Å². The molecule has 0 radical (unpaired) electrons. The van der Waals surface area contributed by atoms with Crippen molar-refractivity contribution in [2.24, 2.45) is 0 Å². The van der Waals surface area contributed by atoms with Crippen molar-refractivity contribution >= 4 is 15.7 Å². The van der Waals surface area contributed by atoms with Gasteiger partial charge in [0, 0.05) is 45.0 Å². The van der Waals surface area contributed by atoms with Crippen molar-refractivity contribution in [2.45, 2.75) is 23.8 Å². The van der Waals surface area contributed by atoms with Gasteiger partial charge in [-0.05, 0) is 48.2 Å². The standard InChI is InChI=1S/C22H28N2O4S/c1-23(22(26)19-7-9-21(10-8-19)29(2,27)28)15-20(25)16-24-13-11-17-5-3-4-6-18(17)12-14-24/h3-10,20,25H,11-16H2,1-2H3. The van der Waals surface area contributed by atoms with Crippen LogP contribution in [-0.2, 0) is 22.7 Å². The minimum Gasteiger partial charge on any atom is -0.390 e. The number of benzene rings is 2. The first-order chi connectivity index (χ1) is 13.7. The average molecular weight is 417 g/mol. The van der Waals surface area contributed by atoms with Crippen LogP contribution in [0.3, 0.4) is 0 Å². The molecule has 1 aliphatic heterocycles. The summed E-state index contributed by atoms with van der Waals surface area (Å²) in [4.78, 5) is 16.5. The van der Waals surface area contributed by atoms with Gasteiger partial charge in [0.2, 0.25) is 0 Å². The molecule has 0 fully saturated rings. The Labute approximate surface area is 172 Å². The molecule has 0 aliphatic carbocycles. The summed E-state index contributed by atoms with van der Waals surface area (Å²) in [6, 6.07) is 14.3. The molecule has 2 aromatic rings. The zero-order chi connectivity index (χ0) is 21.0. The van der Waals surface area contributed by atoms with Crippen LogP contribution in [-0.4, -0.2) is 74.8 Å². The van der Waals surface area contributed by atoms with E-state index in [1.165, 1.54) is 40.3 Å². The molecule has 3 rings (SSSR count). The maximum absolute atomic E-state index is 12.6. The number of amides is 1. The number of aliphatic hydroxyl groups is 1. The van der Waals surface area contributed by atoms with E-state index < -0.39 is 15.9 Å². The van der Waals surface area contributed by atoms with Crippen LogP contribution in [0, 0.1) is 0 Å². The van der Waals surface area contributed by atoms with E-state index in [1.807, 2.05) is 0 Å². The summed E-state index contributed by atoms with van der Waals surface area (Å²) >= 11 is 0. The van der Waals surface area contributed by atoms with Crippen molar-refractivity contribution in [2.75, 3.05) is 39.5 Å². The van der Waals surface area contributed by atoms with Crippen LogP contribution in [0.5, 0.6) is 0 Å². The molecular weight excluding hydrogens is 388 g/mol. The SMILES string of the molecule is CN(CC(O)CN1CCc2ccccc2CC1)C(=O)c1ccc(S(C)(=O)=O)cc1. The lowest BCUT2D eigenvalue weighted by Crippen LogP contribution is -2.41. The van der Waals surface area contributed by atoms with Crippen LogP contribution in [0.4, 0.5) is 0 Å². The van der Waals surface area contributed by atoms with Crippen molar-refractivity contribution in [3.63, 3.8) is 0 Å². The second kappa shape index (κ2) is 9.07. The summed E-state index contributed by atoms with van der Waals surface area (Å²) in [5, 5.41) is 10.5. The predicted octanol–water partition coefficient (Wildman–Crippen LogP) is 1.62. The monoisotopic (exact) mass is 416 g/mol. The molecule has 29 heavy (non-hydrogen) atoms. The third-order valence-corrected chi connectivity index (χ3v) is 6.47. The second-order valence-corrected chi connectivity index (χ2v) is 9.72. The van der Waals surface area contributed by atoms with E-state index in [0.717, 1.165) is 32.2 Å². The van der Waals surface area contributed by atoms with Crippen LogP contribution in [0.25, 0.3) is 0 Å². The van der Waals surface area contributed by atoms with Crippen LogP contribution in [0.1, 0.15) is 21.5 Å². The number of rotatable bonds is 6. The summed E-state index contributed by atoms with van der Waals surface area (Å²) < 4.78 is 23.1. The van der Waals surface area contributed by atoms with Crippen molar-refractivity contribution < 1.29 is 18.3 Å². The van der Waals surface area contributed by atoms with E-state index in [9.17, 15) is 18.3 Å². The highest BCUT2D eigenvalue weighted by molar-refractivity contribution is 7.90. The zero-order valence-corrected chi connectivity index (χ0v) is 17.7. The van der Waals surface area contributed by atoms with E-state index >= 15 is 0 Å². The number of hydrogen-bond donors (Lipinski definition) is 1. The molecule has 1 N–H and O–H groups in total. The lowest BCUT2D eigenvalue weighted by atomic mass is 10.0. The number of carbonyl (C=O) groups excluding carboxylic acids is 1. The van der Waals surface area contributed by atoms with Gasteiger partial charge in [0.25, 0.3) is 5.91 Å². The molecule has 1 heterocycles. The summed E-state index contributed by atoms with van der Waals surface area (Å²) in [6.45, 7) is 2.51. The van der Waals surface area contributed by atoms with Gasteiger partial charge in [0.15, 0.2) is 9.84 Å². The lowest BCUT2D eigenvalue weighted by Gasteiger charge is -2.26. The number of hydrogen-bond acceptors (Lipinski definition) is 5. The van der Waals surface area contributed by atoms with Gasteiger partial charge in [0.1, 0.15) is 0 Å². The molecule has 0 saturated carbocycles. The van der Waals surface area contributed by atoms with Gasteiger partial charge in [-0.1, -0.05) is 24.3 Å². The van der Waals surface area contributed by atoms with Crippen molar-refractivity contribution in [3.05, 3.63) is 65.2 Å². The van der Waals surface area contributed by atoms with E-state index in [2.05, 4.69) is 29.2 Å². The van der Waals surface area contributed by atoms with Crippen LogP contribution < -0.4 is 0 Å². The van der Waals surface area contributed by atoms with Gasteiger partial charge in [-0.2, -0.15) is 0 Å². The third-order valence-electron chi connectivity index (χ3n) is 5.34. The Bertz CT molecular complexity index is 930. The first-order valence-corrected chi connectivity index (χ1v) is 11.7. The lowest BCUT2D eigenvalue weighted by molar-refractivity contribution is 0.0592. The highest BCUT2D eigenvalue weighted by Crippen LogP contribution is 2.16. The van der Waals surface area contributed by atoms with Crippen LogP contribution in [0.15, 0.2) is 53.4 Å². The summed E-state index contributed by atoms with van der Waals surface area (Å²) in [7, 11) is -1.65. The number of fused-ring (bicyclic) bond motifs is 1. The van der Waals surface area contributed by atoms with Gasteiger partial charge >= 0.3 is 0 Å². The summed E-state index contributed by atoms with van der Waals surface area (Å²) in [6.07, 6.45) is 2.41. The second-order valence-electron chi connectivity index (χ2n) is 7.71. The Hall–Kier alpha value is -2.22. The van der Waals surface area contributed by atoms with Crippen molar-refractivity contribution in [1.29, 1.82) is 0 Å². The number of likely N-dealkylation sites (N-methyl/N-ethyl adjacent to an activating group) is 1. The Morgan fingerprint density at radius 2 is 1.62 bits per heavy atom. The fraction of sp³-hybridized carbons (Fsp3) is 0.409. The molecule has 0 bridgehead atoms. The van der Waals surface area contributed by atoms with Gasteiger partial charge in [0.05, 0.1) is 11.0 Å². The van der Waals surface area contributed by atoms with E-state index in [4.69, 9.17) is 0 Å². The number of nitrogens with zero attached hydrogens (tertiary/aromatic N) is 2. The van der Waals surface area contributed by atoms with Gasteiger partial charge < -0.3 is 14.9 Å². The van der Waals surface area contributed by atoms with Crippen molar-refractivity contribution in [1.82, 2.24) is 9.80 Å². The molecular formula is C22H28N2O4S. The number of β-amino-alcohol motifs (C(OH)–C–C–N with tert-alkyl or cyclic N) is 1. The molecule has 1 atom stereocenters. The smallest absolute Gasteiger partial charge is 0.253 e. The molecule has 0 aromatic heterocycles. The molecule has 1 unspecified atom stereocenters. The van der Waals surface area contributed by atoms with Crippen molar-refractivity contribution in [3.8, 4) is 0 Å². The molecule has 0 saturated heterocycles. The highest BCUT2D eigenvalue weighted by Gasteiger charge is 2.20. The topological polar surface area (TPSA) is 77.9 Å². The molecule has 0 spiro atoms. The summed E-state index contributed by atoms with van der Waals surface area (Å²) in [5.74, 6) is -0.243. The number of carbonyl (C=O) groups is 1. The number of sulfone groups is 1. The first kappa shape index (κ1) is 21.5. The minimum absolute atomic E-state index is 0.180. The Morgan fingerprint density at radius 3 is 2.14 bits per heavy atom. The maximum Gasteiger partial charge on any atom is 0.253 e. The average Bonchev–Trinajstić information content (AvgIpc) is 2.89. The maximum atomic E-state index is 12.6. The van der Waals surface area contributed by atoms with Gasteiger partial charge in [-0.25, -0.2) is 8.42 Å². The molecule has 1 amide bonds. The normalized spacial score (nSPS) is 16.0. The Balaban J connectivity index is 1.53. The number of aliphatic hydroxyl groups excluding tert-OH is 1. The molecule has 2 aromatic carbocycles. The highest BCUT2D eigenvalue weighted by atomic mass is 32.2.